The van der Waals surface area contributed by atoms with Crippen LogP contribution in [0, 0.1) is 16.7 Å². The fourth-order valence-electron chi connectivity index (χ4n) is 4.57. The third kappa shape index (κ3) is 2.09. The predicted octanol–water partition coefficient (Wildman–Crippen LogP) is 4.04. The molecular formula is C16H23ClN2. The predicted molar refractivity (Wildman–Crippen MR) is 79.1 cm³/mol. The van der Waals surface area contributed by atoms with E-state index in [1.54, 1.807) is 6.20 Å². The summed E-state index contributed by atoms with van der Waals surface area (Å²) in [6, 6.07) is 2.60. The minimum Gasteiger partial charge on any atom is -0.309 e. The Labute approximate surface area is 121 Å². The molecule has 0 spiro atoms. The van der Waals surface area contributed by atoms with E-state index >= 15 is 0 Å². The highest BCUT2D eigenvalue weighted by molar-refractivity contribution is 6.31. The van der Waals surface area contributed by atoms with Crippen LogP contribution in [0.3, 0.4) is 0 Å². The second-order valence-electron chi connectivity index (χ2n) is 7.20. The molecule has 0 aromatic carbocycles. The van der Waals surface area contributed by atoms with Gasteiger partial charge in [-0.15, -0.1) is 0 Å². The van der Waals surface area contributed by atoms with Crippen molar-refractivity contribution in [1.29, 1.82) is 0 Å². The molecule has 1 heterocycles. The van der Waals surface area contributed by atoms with Gasteiger partial charge in [-0.3, -0.25) is 4.98 Å². The number of rotatable bonds is 3. The van der Waals surface area contributed by atoms with E-state index in [1.807, 2.05) is 12.3 Å². The Morgan fingerprint density at radius 2 is 2.21 bits per heavy atom. The standard InChI is InChI=1S/C16H23ClN2/c1-15(2)12-4-6-16(3,8-12)14(15)19-9-11-5-7-18-10-13(11)17/h5,7,10,12,14,19H,4,6,8-9H2,1-3H3. The summed E-state index contributed by atoms with van der Waals surface area (Å²) in [5.41, 5.74) is 2.01. The van der Waals surface area contributed by atoms with E-state index in [9.17, 15) is 0 Å². The Hall–Kier alpha value is -0.600. The maximum absolute atomic E-state index is 6.19. The monoisotopic (exact) mass is 278 g/mol. The molecule has 2 nitrogen and oxygen atoms in total. The van der Waals surface area contributed by atoms with Crippen LogP contribution in [-0.2, 0) is 6.54 Å². The Morgan fingerprint density at radius 3 is 2.84 bits per heavy atom. The number of nitrogens with zero attached hydrogens (tertiary/aromatic N) is 1. The van der Waals surface area contributed by atoms with Crippen LogP contribution in [0.2, 0.25) is 5.02 Å². The highest BCUT2D eigenvalue weighted by Crippen LogP contribution is 2.62. The van der Waals surface area contributed by atoms with Gasteiger partial charge in [-0.05, 0) is 47.6 Å². The zero-order chi connectivity index (χ0) is 13.7. The number of nitrogens with one attached hydrogen (secondary N) is 1. The number of fused-ring (bicyclic) bond motifs is 2. The van der Waals surface area contributed by atoms with Gasteiger partial charge < -0.3 is 5.32 Å². The van der Waals surface area contributed by atoms with Crippen molar-refractivity contribution in [2.75, 3.05) is 0 Å². The molecule has 3 unspecified atom stereocenters. The van der Waals surface area contributed by atoms with Gasteiger partial charge in [0.15, 0.2) is 0 Å². The first kappa shape index (κ1) is 13.4. The van der Waals surface area contributed by atoms with Gasteiger partial charge in [0, 0.05) is 25.0 Å². The first-order valence-electron chi connectivity index (χ1n) is 7.25. The number of aromatic nitrogens is 1. The molecule has 0 amide bonds. The van der Waals surface area contributed by atoms with Crippen molar-refractivity contribution >= 4 is 11.6 Å². The summed E-state index contributed by atoms with van der Waals surface area (Å²) in [4.78, 5) is 4.05. The van der Waals surface area contributed by atoms with E-state index in [1.165, 1.54) is 19.3 Å². The Balaban J connectivity index is 1.75. The first-order valence-corrected chi connectivity index (χ1v) is 7.63. The molecule has 0 aliphatic heterocycles. The zero-order valence-corrected chi connectivity index (χ0v) is 12.8. The Morgan fingerprint density at radius 1 is 1.42 bits per heavy atom. The summed E-state index contributed by atoms with van der Waals surface area (Å²) in [6.07, 6.45) is 7.69. The SMILES string of the molecule is CC12CCC(C1)C(C)(C)C2NCc1ccncc1Cl. The van der Waals surface area contributed by atoms with E-state index in [-0.39, 0.29) is 0 Å². The molecule has 2 fully saturated rings. The molecule has 1 N–H and O–H groups in total. The highest BCUT2D eigenvalue weighted by Gasteiger charge is 2.58. The molecule has 2 bridgehead atoms. The number of halogens is 1. The summed E-state index contributed by atoms with van der Waals surface area (Å²) in [6.45, 7) is 8.15. The van der Waals surface area contributed by atoms with E-state index < -0.39 is 0 Å². The summed E-state index contributed by atoms with van der Waals surface area (Å²) >= 11 is 6.19. The molecule has 104 valence electrons. The molecular weight excluding hydrogens is 256 g/mol. The molecule has 0 saturated heterocycles. The molecule has 2 saturated carbocycles. The lowest BCUT2D eigenvalue weighted by Crippen LogP contribution is -2.49. The van der Waals surface area contributed by atoms with Crippen LogP contribution in [-0.4, -0.2) is 11.0 Å². The smallest absolute Gasteiger partial charge is 0.0634 e. The van der Waals surface area contributed by atoms with Crippen molar-refractivity contribution < 1.29 is 0 Å². The fourth-order valence-corrected chi connectivity index (χ4v) is 4.76. The summed E-state index contributed by atoms with van der Waals surface area (Å²) in [7, 11) is 0. The fraction of sp³-hybridized carbons (Fsp3) is 0.688. The Kier molecular flexibility index (Phi) is 3.14. The van der Waals surface area contributed by atoms with Crippen molar-refractivity contribution in [2.45, 2.75) is 52.6 Å². The lowest BCUT2D eigenvalue weighted by Gasteiger charge is -2.43. The van der Waals surface area contributed by atoms with Crippen molar-refractivity contribution in [3.63, 3.8) is 0 Å². The van der Waals surface area contributed by atoms with Gasteiger partial charge in [-0.25, -0.2) is 0 Å². The largest absolute Gasteiger partial charge is 0.309 e. The van der Waals surface area contributed by atoms with Gasteiger partial charge in [0.2, 0.25) is 0 Å². The van der Waals surface area contributed by atoms with Crippen molar-refractivity contribution in [2.24, 2.45) is 16.7 Å². The normalized spacial score (nSPS) is 35.8. The van der Waals surface area contributed by atoms with Gasteiger partial charge in [-0.1, -0.05) is 32.4 Å². The van der Waals surface area contributed by atoms with Crippen molar-refractivity contribution in [3.05, 3.63) is 29.0 Å². The second-order valence-corrected chi connectivity index (χ2v) is 7.60. The molecule has 1 aromatic heterocycles. The molecule has 3 atom stereocenters. The van der Waals surface area contributed by atoms with Crippen LogP contribution < -0.4 is 5.32 Å². The average molecular weight is 279 g/mol. The third-order valence-electron chi connectivity index (χ3n) is 5.62. The lowest BCUT2D eigenvalue weighted by molar-refractivity contribution is 0.108. The average Bonchev–Trinajstić information content (AvgIpc) is 2.82. The zero-order valence-electron chi connectivity index (χ0n) is 12.0. The third-order valence-corrected chi connectivity index (χ3v) is 5.96. The van der Waals surface area contributed by atoms with E-state index in [0.29, 0.717) is 16.9 Å². The topological polar surface area (TPSA) is 24.9 Å². The van der Waals surface area contributed by atoms with Crippen LogP contribution >= 0.6 is 11.6 Å². The van der Waals surface area contributed by atoms with Crippen LogP contribution in [0.1, 0.15) is 45.6 Å². The van der Waals surface area contributed by atoms with Gasteiger partial charge in [-0.2, -0.15) is 0 Å². The quantitative estimate of drug-likeness (QED) is 0.903. The summed E-state index contributed by atoms with van der Waals surface area (Å²) < 4.78 is 0. The van der Waals surface area contributed by atoms with Crippen LogP contribution in [0.5, 0.6) is 0 Å². The Bertz CT molecular complexity index is 481. The molecule has 0 radical (unpaired) electrons. The molecule has 3 rings (SSSR count). The number of hydrogen-bond donors (Lipinski definition) is 1. The summed E-state index contributed by atoms with van der Waals surface area (Å²) in [5, 5.41) is 4.55. The maximum Gasteiger partial charge on any atom is 0.0634 e. The highest BCUT2D eigenvalue weighted by atomic mass is 35.5. The molecule has 19 heavy (non-hydrogen) atoms. The minimum absolute atomic E-state index is 0.395. The van der Waals surface area contributed by atoms with Crippen molar-refractivity contribution in [1.82, 2.24) is 10.3 Å². The van der Waals surface area contributed by atoms with Gasteiger partial charge >= 0.3 is 0 Å². The number of hydrogen-bond acceptors (Lipinski definition) is 2. The van der Waals surface area contributed by atoms with Crippen LogP contribution in [0.4, 0.5) is 0 Å². The van der Waals surface area contributed by atoms with Gasteiger partial charge in [0.05, 0.1) is 5.02 Å². The first-order chi connectivity index (χ1) is 8.93. The number of pyridine rings is 1. The second kappa shape index (κ2) is 4.46. The summed E-state index contributed by atoms with van der Waals surface area (Å²) in [5.74, 6) is 0.878. The van der Waals surface area contributed by atoms with E-state index in [0.717, 1.165) is 23.0 Å². The van der Waals surface area contributed by atoms with E-state index in [4.69, 9.17) is 11.6 Å². The molecule has 1 aromatic rings. The van der Waals surface area contributed by atoms with Crippen LogP contribution in [0.15, 0.2) is 18.5 Å². The molecule has 3 heteroatoms. The molecule has 2 aliphatic rings. The molecule has 2 aliphatic carbocycles. The lowest BCUT2D eigenvalue weighted by atomic mass is 9.68. The van der Waals surface area contributed by atoms with E-state index in [2.05, 4.69) is 31.1 Å². The maximum atomic E-state index is 6.19. The van der Waals surface area contributed by atoms with Crippen LogP contribution in [0.25, 0.3) is 0 Å². The van der Waals surface area contributed by atoms with Gasteiger partial charge in [0.1, 0.15) is 0 Å². The van der Waals surface area contributed by atoms with Gasteiger partial charge in [0.25, 0.3) is 0 Å². The van der Waals surface area contributed by atoms with Crippen molar-refractivity contribution in [3.8, 4) is 0 Å². The minimum atomic E-state index is 0.395.